The van der Waals surface area contributed by atoms with Crippen LogP contribution >= 0.6 is 11.3 Å². The zero-order chi connectivity index (χ0) is 26.8. The van der Waals surface area contributed by atoms with E-state index >= 15 is 0 Å². The fraction of sp³-hybridized carbons (Fsp3) is 0.348. The highest BCUT2D eigenvalue weighted by Gasteiger charge is 2.25. The summed E-state index contributed by atoms with van der Waals surface area (Å²) < 4.78 is 57.6. The molecule has 0 atom stereocenters. The molecule has 0 spiro atoms. The topological polar surface area (TPSA) is 158 Å². The second kappa shape index (κ2) is 10.8. The van der Waals surface area contributed by atoms with Gasteiger partial charge in [0.1, 0.15) is 6.54 Å². The summed E-state index contributed by atoms with van der Waals surface area (Å²) in [6.45, 7) is 0.680. The van der Waals surface area contributed by atoms with Gasteiger partial charge in [0.2, 0.25) is 20.0 Å². The lowest BCUT2D eigenvalue weighted by Crippen LogP contribution is -2.31. The number of ether oxygens (including phenoxy) is 1. The van der Waals surface area contributed by atoms with Crippen LogP contribution in [0.2, 0.25) is 0 Å². The first kappa shape index (κ1) is 27.1. The van der Waals surface area contributed by atoms with Crippen molar-refractivity contribution in [3.63, 3.8) is 0 Å². The molecule has 14 heteroatoms. The Labute approximate surface area is 218 Å². The highest BCUT2D eigenvalue weighted by Crippen LogP contribution is 2.23. The van der Waals surface area contributed by atoms with Gasteiger partial charge in [0.15, 0.2) is 4.80 Å². The van der Waals surface area contributed by atoms with Gasteiger partial charge in [-0.15, -0.1) is 0 Å². The summed E-state index contributed by atoms with van der Waals surface area (Å²) in [7, 11) is -6.41. The molecule has 0 radical (unpaired) electrons. The van der Waals surface area contributed by atoms with Crippen LogP contribution in [0, 0.1) is 0 Å². The molecular formula is C23H26N4O7S3. The van der Waals surface area contributed by atoms with Crippen LogP contribution in [-0.4, -0.2) is 57.8 Å². The molecule has 1 aromatic heterocycles. The van der Waals surface area contributed by atoms with E-state index in [9.17, 15) is 26.4 Å². The maximum absolute atomic E-state index is 13.0. The van der Waals surface area contributed by atoms with Crippen molar-refractivity contribution in [1.29, 1.82) is 0 Å². The van der Waals surface area contributed by atoms with Crippen LogP contribution in [0.15, 0.2) is 57.2 Å². The van der Waals surface area contributed by atoms with Crippen LogP contribution in [-0.2, 0) is 36.1 Å². The van der Waals surface area contributed by atoms with Crippen LogP contribution in [0.4, 0.5) is 0 Å². The molecule has 37 heavy (non-hydrogen) atoms. The number of amides is 1. The zero-order valence-corrected chi connectivity index (χ0v) is 22.4. The molecular weight excluding hydrogens is 540 g/mol. The third kappa shape index (κ3) is 5.99. The van der Waals surface area contributed by atoms with Crippen molar-refractivity contribution in [2.75, 3.05) is 20.2 Å². The number of thiazole rings is 1. The van der Waals surface area contributed by atoms with Gasteiger partial charge in [-0.3, -0.25) is 9.59 Å². The molecule has 1 aliphatic rings. The van der Waals surface area contributed by atoms with E-state index in [1.54, 1.807) is 0 Å². The monoisotopic (exact) mass is 566 g/mol. The molecule has 0 saturated carbocycles. The summed E-state index contributed by atoms with van der Waals surface area (Å²) in [5, 5.41) is 5.22. The van der Waals surface area contributed by atoms with Crippen molar-refractivity contribution in [1.82, 2.24) is 8.87 Å². The van der Waals surface area contributed by atoms with E-state index in [2.05, 4.69) is 4.99 Å². The van der Waals surface area contributed by atoms with Crippen LogP contribution in [0.5, 0.6) is 0 Å². The summed E-state index contributed by atoms with van der Waals surface area (Å²) >= 11 is 1.00. The Balaban J connectivity index is 1.70. The lowest BCUT2D eigenvalue weighted by Gasteiger charge is -2.19. The highest BCUT2D eigenvalue weighted by atomic mass is 32.2. The number of carbonyl (C=O) groups excluding carboxylic acids is 2. The van der Waals surface area contributed by atoms with E-state index < -0.39 is 31.9 Å². The highest BCUT2D eigenvalue weighted by molar-refractivity contribution is 7.89. The number of hydrogen-bond donors (Lipinski definition) is 1. The Hall–Kier alpha value is -2.91. The maximum Gasteiger partial charge on any atom is 0.325 e. The molecule has 198 valence electrons. The molecule has 1 saturated heterocycles. The molecule has 1 aliphatic heterocycles. The number of nitrogens with two attached hydrogens (primary N) is 1. The second-order valence-corrected chi connectivity index (χ2v) is 13.0. The van der Waals surface area contributed by atoms with Crippen LogP contribution in [0.3, 0.4) is 0 Å². The van der Waals surface area contributed by atoms with Gasteiger partial charge in [0, 0.05) is 18.7 Å². The Morgan fingerprint density at radius 3 is 2.19 bits per heavy atom. The van der Waals surface area contributed by atoms with E-state index in [0.29, 0.717) is 23.3 Å². The number of methoxy groups -OCH3 is 1. The average Bonchev–Trinajstić information content (AvgIpc) is 3.02. The van der Waals surface area contributed by atoms with Gasteiger partial charge in [-0.2, -0.15) is 9.30 Å². The second-order valence-electron chi connectivity index (χ2n) is 8.48. The minimum absolute atomic E-state index is 0.101. The number of rotatable bonds is 6. The Bertz CT molecular complexity index is 1610. The number of benzene rings is 2. The SMILES string of the molecule is COC(=O)Cn1c(=NC(=O)c2ccc(S(=O)(=O)N3CCCCCC3)cc2)sc2cc(S(N)(=O)=O)ccc21. The summed E-state index contributed by atoms with van der Waals surface area (Å²) in [5.74, 6) is -1.25. The zero-order valence-electron chi connectivity index (χ0n) is 20.0. The van der Waals surface area contributed by atoms with Crippen molar-refractivity contribution >= 4 is 53.5 Å². The van der Waals surface area contributed by atoms with Crippen molar-refractivity contribution in [3.8, 4) is 0 Å². The van der Waals surface area contributed by atoms with Crippen molar-refractivity contribution in [2.24, 2.45) is 10.1 Å². The van der Waals surface area contributed by atoms with Gasteiger partial charge in [0.05, 0.1) is 27.1 Å². The molecule has 11 nitrogen and oxygen atoms in total. The van der Waals surface area contributed by atoms with Gasteiger partial charge < -0.3 is 9.30 Å². The van der Waals surface area contributed by atoms with Gasteiger partial charge >= 0.3 is 5.97 Å². The van der Waals surface area contributed by atoms with Gasteiger partial charge in [-0.1, -0.05) is 24.2 Å². The first-order valence-electron chi connectivity index (χ1n) is 11.4. The third-order valence-corrected chi connectivity index (χ3v) is 9.86. The number of hydrogen-bond acceptors (Lipinski definition) is 8. The summed E-state index contributed by atoms with van der Waals surface area (Å²) in [6.07, 6.45) is 3.62. The fourth-order valence-electron chi connectivity index (χ4n) is 4.01. The molecule has 0 aliphatic carbocycles. The first-order valence-corrected chi connectivity index (χ1v) is 15.2. The molecule has 1 fully saturated rings. The van der Waals surface area contributed by atoms with Gasteiger partial charge in [-0.25, -0.2) is 22.0 Å². The number of sulfonamides is 2. The standard InChI is InChI=1S/C23H26N4O7S3/c1-34-21(28)15-27-19-11-10-18(36(24,30)31)14-20(19)35-23(27)25-22(29)16-6-8-17(9-7-16)37(32,33)26-12-4-2-3-5-13-26/h6-11,14H,2-5,12-13,15H2,1H3,(H2,24,30,31). The van der Waals surface area contributed by atoms with E-state index in [0.717, 1.165) is 37.0 Å². The molecule has 2 heterocycles. The van der Waals surface area contributed by atoms with Gasteiger partial charge in [0.25, 0.3) is 5.91 Å². The number of primary sulfonamides is 1. The number of nitrogens with zero attached hydrogens (tertiary/aromatic N) is 3. The lowest BCUT2D eigenvalue weighted by atomic mass is 10.2. The smallest absolute Gasteiger partial charge is 0.325 e. The molecule has 0 unspecified atom stereocenters. The van der Waals surface area contributed by atoms with E-state index in [-0.39, 0.29) is 26.7 Å². The van der Waals surface area contributed by atoms with E-state index in [4.69, 9.17) is 9.88 Å². The number of carbonyl (C=O) groups is 2. The molecule has 2 N–H and O–H groups in total. The Morgan fingerprint density at radius 2 is 1.59 bits per heavy atom. The van der Waals surface area contributed by atoms with Crippen LogP contribution in [0.1, 0.15) is 36.0 Å². The number of aromatic nitrogens is 1. The summed E-state index contributed by atoms with van der Waals surface area (Å²) in [4.78, 5) is 29.2. The Kier molecular flexibility index (Phi) is 7.94. The van der Waals surface area contributed by atoms with Crippen molar-refractivity contribution in [2.45, 2.75) is 42.0 Å². The number of fused-ring (bicyclic) bond motifs is 1. The normalized spacial score (nSPS) is 16.0. The molecule has 1 amide bonds. The lowest BCUT2D eigenvalue weighted by molar-refractivity contribution is -0.141. The molecule has 3 aromatic rings. The van der Waals surface area contributed by atoms with Crippen LogP contribution in [0.25, 0.3) is 10.2 Å². The third-order valence-electron chi connectivity index (χ3n) is 6.00. The van der Waals surface area contributed by atoms with E-state index in [1.807, 2.05) is 0 Å². The molecule has 0 bridgehead atoms. The minimum atomic E-state index is -3.96. The molecule has 2 aromatic carbocycles. The van der Waals surface area contributed by atoms with Gasteiger partial charge in [-0.05, 0) is 55.3 Å². The first-order chi connectivity index (χ1) is 17.5. The fourth-order valence-corrected chi connectivity index (χ4v) is 7.21. The maximum atomic E-state index is 13.0. The largest absolute Gasteiger partial charge is 0.468 e. The summed E-state index contributed by atoms with van der Waals surface area (Å²) in [5.41, 5.74) is 0.621. The Morgan fingerprint density at radius 1 is 0.973 bits per heavy atom. The average molecular weight is 567 g/mol. The van der Waals surface area contributed by atoms with Crippen LogP contribution < -0.4 is 9.94 Å². The minimum Gasteiger partial charge on any atom is -0.468 e. The van der Waals surface area contributed by atoms with E-state index in [1.165, 1.54) is 58.4 Å². The predicted molar refractivity (Wildman–Crippen MR) is 137 cm³/mol. The predicted octanol–water partition coefficient (Wildman–Crippen LogP) is 1.83. The molecule has 4 rings (SSSR count). The summed E-state index contributed by atoms with van der Waals surface area (Å²) in [6, 6.07) is 9.67. The van der Waals surface area contributed by atoms with Crippen molar-refractivity contribution in [3.05, 3.63) is 52.8 Å². The quantitative estimate of drug-likeness (QED) is 0.446. The number of esters is 1. The van der Waals surface area contributed by atoms with Crippen molar-refractivity contribution < 1.29 is 31.2 Å².